The van der Waals surface area contributed by atoms with Crippen molar-refractivity contribution < 1.29 is 0 Å². The highest BCUT2D eigenvalue weighted by Gasteiger charge is 2.05. The van der Waals surface area contributed by atoms with Crippen LogP contribution in [0.4, 0.5) is 5.82 Å². The van der Waals surface area contributed by atoms with Crippen LogP contribution in [0, 0.1) is 6.92 Å². The molecule has 0 spiro atoms. The highest BCUT2D eigenvalue weighted by molar-refractivity contribution is 5.31. The summed E-state index contributed by atoms with van der Waals surface area (Å²) >= 11 is 0. The molecule has 0 aliphatic carbocycles. The lowest BCUT2D eigenvalue weighted by Gasteiger charge is -2.10. The summed E-state index contributed by atoms with van der Waals surface area (Å²) in [6.07, 6.45) is 0. The summed E-state index contributed by atoms with van der Waals surface area (Å²) in [5.74, 6) is 0.169. The van der Waals surface area contributed by atoms with E-state index in [2.05, 4.69) is 4.98 Å². The van der Waals surface area contributed by atoms with Crippen LogP contribution in [0.2, 0.25) is 0 Å². The van der Waals surface area contributed by atoms with Crippen LogP contribution < -0.4 is 17.0 Å². The SMILES string of the molecule is Cc1ccccc1Cn1c(N)cc(=O)[nH]c1=O. The Morgan fingerprint density at radius 3 is 2.65 bits per heavy atom. The predicted molar refractivity (Wildman–Crippen MR) is 66.0 cm³/mol. The molecule has 1 aromatic heterocycles. The Bertz CT molecular complexity index is 655. The molecule has 0 bridgehead atoms. The zero-order valence-electron chi connectivity index (χ0n) is 9.43. The van der Waals surface area contributed by atoms with Crippen LogP contribution >= 0.6 is 0 Å². The third kappa shape index (κ3) is 2.28. The highest BCUT2D eigenvalue weighted by Crippen LogP contribution is 2.09. The van der Waals surface area contributed by atoms with Crippen molar-refractivity contribution in [1.29, 1.82) is 0 Å². The normalized spacial score (nSPS) is 10.4. The number of rotatable bonds is 2. The van der Waals surface area contributed by atoms with E-state index in [0.717, 1.165) is 11.1 Å². The van der Waals surface area contributed by atoms with E-state index >= 15 is 0 Å². The number of aryl methyl sites for hydroxylation is 1. The van der Waals surface area contributed by atoms with Crippen molar-refractivity contribution in [3.63, 3.8) is 0 Å². The van der Waals surface area contributed by atoms with Gasteiger partial charge in [0.05, 0.1) is 6.54 Å². The van der Waals surface area contributed by atoms with E-state index in [1.54, 1.807) is 0 Å². The van der Waals surface area contributed by atoms with Gasteiger partial charge in [0.15, 0.2) is 0 Å². The van der Waals surface area contributed by atoms with Crippen LogP contribution in [-0.2, 0) is 6.54 Å². The average molecular weight is 231 g/mol. The van der Waals surface area contributed by atoms with Gasteiger partial charge in [-0.3, -0.25) is 14.3 Å². The first-order chi connectivity index (χ1) is 8.08. The number of aromatic nitrogens is 2. The fraction of sp³-hybridized carbons (Fsp3) is 0.167. The van der Waals surface area contributed by atoms with Gasteiger partial charge in [0.2, 0.25) is 0 Å². The van der Waals surface area contributed by atoms with Crippen molar-refractivity contribution in [3.8, 4) is 0 Å². The number of benzene rings is 1. The van der Waals surface area contributed by atoms with Crippen molar-refractivity contribution in [2.45, 2.75) is 13.5 Å². The predicted octanol–water partition coefficient (Wildman–Crippen LogP) is 0.476. The summed E-state index contributed by atoms with van der Waals surface area (Å²) < 4.78 is 1.34. The maximum atomic E-state index is 11.6. The number of aromatic amines is 1. The molecule has 2 aromatic rings. The molecular weight excluding hydrogens is 218 g/mol. The van der Waals surface area contributed by atoms with Crippen molar-refractivity contribution in [2.75, 3.05) is 5.73 Å². The lowest BCUT2D eigenvalue weighted by Crippen LogP contribution is -2.31. The number of hydrogen-bond acceptors (Lipinski definition) is 3. The monoisotopic (exact) mass is 231 g/mol. The van der Waals surface area contributed by atoms with Crippen LogP contribution in [0.25, 0.3) is 0 Å². The van der Waals surface area contributed by atoms with E-state index in [1.165, 1.54) is 10.6 Å². The Balaban J connectivity index is 2.48. The number of nitrogens with one attached hydrogen (secondary N) is 1. The van der Waals surface area contributed by atoms with Crippen molar-refractivity contribution in [1.82, 2.24) is 9.55 Å². The maximum Gasteiger partial charge on any atom is 0.330 e. The summed E-state index contributed by atoms with van der Waals surface area (Å²) in [7, 11) is 0. The third-order valence-corrected chi connectivity index (χ3v) is 2.66. The first-order valence-corrected chi connectivity index (χ1v) is 5.22. The Kier molecular flexibility index (Phi) is 2.82. The second-order valence-corrected chi connectivity index (χ2v) is 3.88. The molecule has 2 rings (SSSR count). The Hall–Kier alpha value is -2.30. The molecule has 0 radical (unpaired) electrons. The van der Waals surface area contributed by atoms with Gasteiger partial charge >= 0.3 is 5.69 Å². The number of anilines is 1. The number of H-pyrrole nitrogens is 1. The molecular formula is C12H13N3O2. The van der Waals surface area contributed by atoms with Crippen molar-refractivity contribution in [3.05, 3.63) is 62.3 Å². The van der Waals surface area contributed by atoms with Gasteiger partial charge in [-0.2, -0.15) is 0 Å². The molecule has 17 heavy (non-hydrogen) atoms. The molecule has 0 atom stereocenters. The van der Waals surface area contributed by atoms with Crippen LogP contribution in [0.15, 0.2) is 39.9 Å². The molecule has 1 heterocycles. The van der Waals surface area contributed by atoms with Gasteiger partial charge in [-0.25, -0.2) is 4.79 Å². The molecule has 1 aromatic carbocycles. The Morgan fingerprint density at radius 1 is 1.29 bits per heavy atom. The number of hydrogen-bond donors (Lipinski definition) is 2. The largest absolute Gasteiger partial charge is 0.385 e. The maximum absolute atomic E-state index is 11.6. The summed E-state index contributed by atoms with van der Waals surface area (Å²) in [5.41, 5.74) is 6.77. The molecule has 0 saturated carbocycles. The quantitative estimate of drug-likeness (QED) is 0.788. The number of nitrogen functional groups attached to an aromatic ring is 1. The van der Waals surface area contributed by atoms with Gasteiger partial charge in [0.25, 0.3) is 5.56 Å². The third-order valence-electron chi connectivity index (χ3n) is 2.66. The van der Waals surface area contributed by atoms with Crippen LogP contribution in [-0.4, -0.2) is 9.55 Å². The molecule has 5 heteroatoms. The Morgan fingerprint density at radius 2 is 2.00 bits per heavy atom. The minimum atomic E-state index is -0.488. The topological polar surface area (TPSA) is 80.9 Å². The molecule has 5 nitrogen and oxygen atoms in total. The lowest BCUT2D eigenvalue weighted by molar-refractivity contribution is 0.729. The molecule has 0 fully saturated rings. The highest BCUT2D eigenvalue weighted by atomic mass is 16.2. The second-order valence-electron chi connectivity index (χ2n) is 3.88. The van der Waals surface area contributed by atoms with Crippen molar-refractivity contribution in [2.24, 2.45) is 0 Å². The summed E-state index contributed by atoms with van der Waals surface area (Å²) in [6.45, 7) is 2.32. The smallest absolute Gasteiger partial charge is 0.330 e. The fourth-order valence-corrected chi connectivity index (χ4v) is 1.66. The Labute approximate surface area is 97.5 Å². The van der Waals surface area contributed by atoms with E-state index in [0.29, 0.717) is 6.54 Å². The summed E-state index contributed by atoms with van der Waals surface area (Å²) in [5, 5.41) is 0. The van der Waals surface area contributed by atoms with Gasteiger partial charge in [0.1, 0.15) is 5.82 Å². The molecule has 0 saturated heterocycles. The molecule has 0 aliphatic rings. The molecule has 0 unspecified atom stereocenters. The van der Waals surface area contributed by atoms with Crippen LogP contribution in [0.5, 0.6) is 0 Å². The van der Waals surface area contributed by atoms with Crippen LogP contribution in [0.3, 0.4) is 0 Å². The van der Waals surface area contributed by atoms with E-state index in [-0.39, 0.29) is 5.82 Å². The first-order valence-electron chi connectivity index (χ1n) is 5.22. The second kappa shape index (κ2) is 4.29. The molecule has 0 amide bonds. The van der Waals surface area contributed by atoms with Gasteiger partial charge in [-0.05, 0) is 18.1 Å². The van der Waals surface area contributed by atoms with Gasteiger partial charge in [-0.1, -0.05) is 24.3 Å². The van der Waals surface area contributed by atoms with Crippen LogP contribution in [0.1, 0.15) is 11.1 Å². The van der Waals surface area contributed by atoms with E-state index < -0.39 is 11.2 Å². The lowest BCUT2D eigenvalue weighted by atomic mass is 10.1. The van der Waals surface area contributed by atoms with Gasteiger partial charge in [0, 0.05) is 6.07 Å². The summed E-state index contributed by atoms with van der Waals surface area (Å²) in [6, 6.07) is 8.92. The number of nitrogens with zero attached hydrogens (tertiary/aromatic N) is 1. The van der Waals surface area contributed by atoms with E-state index in [1.807, 2.05) is 31.2 Å². The zero-order valence-corrected chi connectivity index (χ0v) is 9.43. The molecule has 3 N–H and O–H groups in total. The molecule has 88 valence electrons. The van der Waals surface area contributed by atoms with Crippen molar-refractivity contribution >= 4 is 5.82 Å². The van der Waals surface area contributed by atoms with E-state index in [4.69, 9.17) is 5.73 Å². The van der Waals surface area contributed by atoms with Gasteiger partial charge in [-0.15, -0.1) is 0 Å². The summed E-state index contributed by atoms with van der Waals surface area (Å²) in [4.78, 5) is 24.8. The van der Waals surface area contributed by atoms with E-state index in [9.17, 15) is 9.59 Å². The minimum absolute atomic E-state index is 0.169. The average Bonchev–Trinajstić information content (AvgIpc) is 2.25. The fourth-order valence-electron chi connectivity index (χ4n) is 1.66. The molecule has 0 aliphatic heterocycles. The standard InChI is InChI=1S/C12H13N3O2/c1-8-4-2-3-5-9(8)7-15-10(13)6-11(16)14-12(15)17/h2-6H,7,13H2,1H3,(H,14,16,17). The zero-order chi connectivity index (χ0) is 12.4. The minimum Gasteiger partial charge on any atom is -0.385 e. The number of nitrogens with two attached hydrogens (primary N) is 1. The van der Waals surface area contributed by atoms with Gasteiger partial charge < -0.3 is 5.73 Å². The first kappa shape index (κ1) is 11.2.